The molecule has 1 amide bonds. The fourth-order valence-electron chi connectivity index (χ4n) is 2.80. The second-order valence-electron chi connectivity index (χ2n) is 5.60. The Morgan fingerprint density at radius 3 is 2.83 bits per heavy atom. The first-order valence-corrected chi connectivity index (χ1v) is 7.89. The smallest absolute Gasteiger partial charge is 0.255 e. The highest BCUT2D eigenvalue weighted by Gasteiger charge is 2.14. The van der Waals surface area contributed by atoms with Crippen molar-refractivity contribution in [1.82, 2.24) is 10.3 Å². The number of pyridine rings is 1. The molecule has 23 heavy (non-hydrogen) atoms. The van der Waals surface area contributed by atoms with Gasteiger partial charge >= 0.3 is 0 Å². The molecule has 1 aliphatic rings. The van der Waals surface area contributed by atoms with Crippen molar-refractivity contribution in [2.24, 2.45) is 0 Å². The number of hydrogen-bond donors (Lipinski definition) is 1. The zero-order valence-corrected chi connectivity index (χ0v) is 13.3. The number of nitrogens with one attached hydrogen (secondary N) is 1. The first kappa shape index (κ1) is 15.3. The van der Waals surface area contributed by atoms with Crippen LogP contribution in [0.15, 0.2) is 42.6 Å². The van der Waals surface area contributed by atoms with Crippen molar-refractivity contribution in [3.8, 4) is 5.75 Å². The summed E-state index contributed by atoms with van der Waals surface area (Å²) >= 11 is 0. The third-order valence-corrected chi connectivity index (χ3v) is 4.04. The third kappa shape index (κ3) is 3.62. The van der Waals surface area contributed by atoms with Gasteiger partial charge in [0, 0.05) is 25.8 Å². The van der Waals surface area contributed by atoms with E-state index in [1.165, 1.54) is 12.8 Å². The number of methoxy groups -OCH3 is 1. The molecule has 0 atom stereocenters. The summed E-state index contributed by atoms with van der Waals surface area (Å²) < 4.78 is 5.23. The van der Waals surface area contributed by atoms with E-state index in [1.807, 2.05) is 24.3 Å². The summed E-state index contributed by atoms with van der Waals surface area (Å²) in [5.41, 5.74) is 1.59. The standard InChI is InChI=1S/C18H21N3O2/c1-23-16-7-3-2-6-15(16)18(22)20-13-14-8-9-19-17(12-14)21-10-4-5-11-21/h2-3,6-9,12H,4-5,10-11,13H2,1H3,(H,20,22). The Balaban J connectivity index is 1.66. The number of amides is 1. The zero-order valence-electron chi connectivity index (χ0n) is 13.3. The number of anilines is 1. The van der Waals surface area contributed by atoms with E-state index >= 15 is 0 Å². The number of nitrogens with zero attached hydrogens (tertiary/aromatic N) is 2. The lowest BCUT2D eigenvalue weighted by atomic mass is 10.2. The maximum atomic E-state index is 12.3. The Morgan fingerprint density at radius 1 is 1.26 bits per heavy atom. The van der Waals surface area contributed by atoms with Gasteiger partial charge in [-0.15, -0.1) is 0 Å². The van der Waals surface area contributed by atoms with Crippen molar-refractivity contribution in [1.29, 1.82) is 0 Å². The van der Waals surface area contributed by atoms with E-state index in [0.29, 0.717) is 17.9 Å². The van der Waals surface area contributed by atoms with Crippen molar-refractivity contribution in [3.63, 3.8) is 0 Å². The minimum atomic E-state index is -0.137. The molecule has 3 rings (SSSR count). The topological polar surface area (TPSA) is 54.5 Å². The molecule has 0 bridgehead atoms. The predicted octanol–water partition coefficient (Wildman–Crippen LogP) is 2.62. The number of carbonyl (C=O) groups excluding carboxylic acids is 1. The Morgan fingerprint density at radius 2 is 2.04 bits per heavy atom. The van der Waals surface area contributed by atoms with Crippen LogP contribution in [-0.4, -0.2) is 31.1 Å². The van der Waals surface area contributed by atoms with Crippen molar-refractivity contribution in [2.45, 2.75) is 19.4 Å². The minimum Gasteiger partial charge on any atom is -0.496 e. The van der Waals surface area contributed by atoms with Crippen LogP contribution >= 0.6 is 0 Å². The molecular formula is C18H21N3O2. The molecule has 1 N–H and O–H groups in total. The van der Waals surface area contributed by atoms with E-state index in [1.54, 1.807) is 25.4 Å². The lowest BCUT2D eigenvalue weighted by molar-refractivity contribution is 0.0948. The number of aromatic nitrogens is 1. The predicted molar refractivity (Wildman–Crippen MR) is 89.8 cm³/mol. The van der Waals surface area contributed by atoms with Gasteiger partial charge in [-0.05, 0) is 42.7 Å². The van der Waals surface area contributed by atoms with Crippen LogP contribution in [0.1, 0.15) is 28.8 Å². The van der Waals surface area contributed by atoms with Gasteiger partial charge in [0.05, 0.1) is 12.7 Å². The highest BCUT2D eigenvalue weighted by atomic mass is 16.5. The van der Waals surface area contributed by atoms with Crippen molar-refractivity contribution in [3.05, 3.63) is 53.7 Å². The zero-order chi connectivity index (χ0) is 16.1. The molecule has 0 aliphatic carbocycles. The van der Waals surface area contributed by atoms with Gasteiger partial charge in [-0.3, -0.25) is 4.79 Å². The number of benzene rings is 1. The van der Waals surface area contributed by atoms with Crippen molar-refractivity contribution >= 4 is 11.7 Å². The van der Waals surface area contributed by atoms with Crippen LogP contribution < -0.4 is 15.0 Å². The first-order chi connectivity index (χ1) is 11.3. The van der Waals surface area contributed by atoms with Crippen LogP contribution in [-0.2, 0) is 6.54 Å². The average molecular weight is 311 g/mol. The third-order valence-electron chi connectivity index (χ3n) is 4.04. The average Bonchev–Trinajstić information content (AvgIpc) is 3.14. The number of rotatable bonds is 5. The molecule has 120 valence electrons. The number of para-hydroxylation sites is 1. The van der Waals surface area contributed by atoms with Gasteiger partial charge in [-0.25, -0.2) is 4.98 Å². The summed E-state index contributed by atoms with van der Waals surface area (Å²) in [5, 5.41) is 2.94. The molecule has 5 heteroatoms. The summed E-state index contributed by atoms with van der Waals surface area (Å²) in [6.45, 7) is 2.59. The normalized spacial score (nSPS) is 13.9. The molecule has 0 saturated carbocycles. The summed E-state index contributed by atoms with van der Waals surface area (Å²) in [7, 11) is 1.57. The molecule has 1 aliphatic heterocycles. The molecule has 5 nitrogen and oxygen atoms in total. The first-order valence-electron chi connectivity index (χ1n) is 7.89. The number of carbonyl (C=O) groups is 1. The van der Waals surface area contributed by atoms with Crippen LogP contribution in [0, 0.1) is 0 Å². The fraction of sp³-hybridized carbons (Fsp3) is 0.333. The van der Waals surface area contributed by atoms with E-state index in [9.17, 15) is 4.79 Å². The SMILES string of the molecule is COc1ccccc1C(=O)NCc1ccnc(N2CCCC2)c1. The summed E-state index contributed by atoms with van der Waals surface area (Å²) in [5.74, 6) is 1.44. The molecule has 1 fully saturated rings. The van der Waals surface area contributed by atoms with Crippen LogP contribution in [0.25, 0.3) is 0 Å². The Hall–Kier alpha value is -2.56. The molecule has 2 aromatic rings. The molecular weight excluding hydrogens is 290 g/mol. The van der Waals surface area contributed by atoms with Crippen LogP contribution in [0.5, 0.6) is 5.75 Å². The van der Waals surface area contributed by atoms with Gasteiger partial charge in [0.15, 0.2) is 0 Å². The van der Waals surface area contributed by atoms with Gasteiger partial charge in [0.25, 0.3) is 5.91 Å². The maximum absolute atomic E-state index is 12.3. The molecule has 2 heterocycles. The van der Waals surface area contributed by atoms with Gasteiger partial charge in [-0.1, -0.05) is 12.1 Å². The van der Waals surface area contributed by atoms with E-state index in [4.69, 9.17) is 4.74 Å². The number of ether oxygens (including phenoxy) is 1. The van der Waals surface area contributed by atoms with Crippen LogP contribution in [0.4, 0.5) is 5.82 Å². The maximum Gasteiger partial charge on any atom is 0.255 e. The molecule has 1 aromatic heterocycles. The number of hydrogen-bond acceptors (Lipinski definition) is 4. The highest BCUT2D eigenvalue weighted by Crippen LogP contribution is 2.19. The summed E-state index contributed by atoms with van der Waals surface area (Å²) in [6, 6.07) is 11.2. The Labute approximate surface area is 136 Å². The van der Waals surface area contributed by atoms with Crippen LogP contribution in [0.2, 0.25) is 0 Å². The van der Waals surface area contributed by atoms with Gasteiger partial charge in [0.2, 0.25) is 0 Å². The molecule has 0 radical (unpaired) electrons. The van der Waals surface area contributed by atoms with Crippen LogP contribution in [0.3, 0.4) is 0 Å². The second kappa shape index (κ2) is 7.13. The Bertz CT molecular complexity index is 681. The van der Waals surface area contributed by atoms with E-state index in [2.05, 4.69) is 15.2 Å². The van der Waals surface area contributed by atoms with E-state index < -0.39 is 0 Å². The van der Waals surface area contributed by atoms with Gasteiger partial charge in [-0.2, -0.15) is 0 Å². The minimum absolute atomic E-state index is 0.137. The highest BCUT2D eigenvalue weighted by molar-refractivity contribution is 5.96. The summed E-state index contributed by atoms with van der Waals surface area (Å²) in [6.07, 6.45) is 4.24. The Kier molecular flexibility index (Phi) is 4.76. The van der Waals surface area contributed by atoms with Gasteiger partial charge < -0.3 is 15.0 Å². The lowest BCUT2D eigenvalue weighted by Gasteiger charge is -2.17. The lowest BCUT2D eigenvalue weighted by Crippen LogP contribution is -2.24. The summed E-state index contributed by atoms with van der Waals surface area (Å²) in [4.78, 5) is 19.0. The van der Waals surface area contributed by atoms with Crippen molar-refractivity contribution in [2.75, 3.05) is 25.1 Å². The molecule has 1 saturated heterocycles. The molecule has 1 aromatic carbocycles. The van der Waals surface area contributed by atoms with Crippen molar-refractivity contribution < 1.29 is 9.53 Å². The second-order valence-corrected chi connectivity index (χ2v) is 5.60. The van der Waals surface area contributed by atoms with E-state index in [-0.39, 0.29) is 5.91 Å². The molecule has 0 unspecified atom stereocenters. The van der Waals surface area contributed by atoms with E-state index in [0.717, 1.165) is 24.5 Å². The fourth-order valence-corrected chi connectivity index (χ4v) is 2.80. The molecule has 0 spiro atoms. The van der Waals surface area contributed by atoms with Gasteiger partial charge in [0.1, 0.15) is 11.6 Å². The monoisotopic (exact) mass is 311 g/mol. The quantitative estimate of drug-likeness (QED) is 0.922. The largest absolute Gasteiger partial charge is 0.496 e.